The molecule has 0 amide bonds. The summed E-state index contributed by atoms with van der Waals surface area (Å²) in [5, 5.41) is 0. The third-order valence-corrected chi connectivity index (χ3v) is 8.42. The van der Waals surface area contributed by atoms with Crippen LogP contribution in [-0.2, 0) is 39.9 Å². The highest BCUT2D eigenvalue weighted by atomic mass is 16.6. The molecule has 0 spiro atoms. The molecule has 5 aromatic carbocycles. The van der Waals surface area contributed by atoms with Crippen LogP contribution in [0.3, 0.4) is 0 Å². The fourth-order valence-corrected chi connectivity index (χ4v) is 4.63. The van der Waals surface area contributed by atoms with Gasteiger partial charge in [0.1, 0.15) is 55.4 Å². The van der Waals surface area contributed by atoms with Crippen LogP contribution >= 0.6 is 0 Å². The van der Waals surface area contributed by atoms with E-state index in [1.54, 1.807) is 0 Å². The van der Waals surface area contributed by atoms with Crippen molar-refractivity contribution in [1.29, 1.82) is 0 Å². The van der Waals surface area contributed by atoms with E-state index in [4.69, 9.17) is 28.4 Å². The third-order valence-electron chi connectivity index (χ3n) is 8.42. The van der Waals surface area contributed by atoms with Crippen LogP contribution in [0.5, 0.6) is 17.2 Å². The first-order valence-corrected chi connectivity index (χ1v) is 19.1. The van der Waals surface area contributed by atoms with Gasteiger partial charge in [-0.3, -0.25) is 0 Å². The Hall–Kier alpha value is -4.62. The van der Waals surface area contributed by atoms with Gasteiger partial charge < -0.3 is 28.4 Å². The Labute approximate surface area is 318 Å². The molecule has 5 aromatic rings. The molecular weight excluding hydrogens is 661 g/mol. The largest absolute Gasteiger partial charge is 0.491 e. The zero-order valence-corrected chi connectivity index (χ0v) is 32.0. The van der Waals surface area contributed by atoms with E-state index in [0.717, 1.165) is 62.8 Å². The molecule has 53 heavy (non-hydrogen) atoms. The normalized spacial score (nSPS) is 16.9. The Balaban J connectivity index is 0.000000148. The number of aryl methyl sites for hydroxylation is 4. The van der Waals surface area contributed by atoms with Gasteiger partial charge in [-0.05, 0) is 84.3 Å². The van der Waals surface area contributed by atoms with Crippen molar-refractivity contribution in [2.45, 2.75) is 71.7 Å². The molecule has 3 aliphatic rings. The van der Waals surface area contributed by atoms with Crippen LogP contribution in [0, 0.1) is 0 Å². The second-order valence-corrected chi connectivity index (χ2v) is 12.8. The lowest BCUT2D eigenvalue weighted by atomic mass is 10.1. The Morgan fingerprint density at radius 1 is 0.358 bits per heavy atom. The summed E-state index contributed by atoms with van der Waals surface area (Å²) in [6.45, 7) is 13.3. The van der Waals surface area contributed by atoms with Crippen molar-refractivity contribution < 1.29 is 28.4 Å². The first kappa shape index (κ1) is 41.1. The average Bonchev–Trinajstić information content (AvgIpc) is 4.08. The van der Waals surface area contributed by atoms with Crippen molar-refractivity contribution in [3.05, 3.63) is 162 Å². The summed E-state index contributed by atoms with van der Waals surface area (Å²) in [5.41, 5.74) is 5.71. The van der Waals surface area contributed by atoms with Crippen LogP contribution in [0.25, 0.3) is 0 Å². The second kappa shape index (κ2) is 24.6. The lowest BCUT2D eigenvalue weighted by molar-refractivity contribution is 0.263. The average molecular weight is 719 g/mol. The van der Waals surface area contributed by atoms with Gasteiger partial charge in [-0.15, -0.1) is 0 Å². The molecule has 0 N–H and O–H groups in total. The molecule has 3 heterocycles. The molecule has 3 fully saturated rings. The van der Waals surface area contributed by atoms with Crippen molar-refractivity contribution in [1.82, 2.24) is 0 Å². The monoisotopic (exact) mass is 718 g/mol. The fourth-order valence-electron chi connectivity index (χ4n) is 4.63. The number of rotatable bonds is 13. The third kappa shape index (κ3) is 19.2. The lowest BCUT2D eigenvalue weighted by Crippen LogP contribution is -2.03. The van der Waals surface area contributed by atoms with E-state index in [2.05, 4.69) is 76.2 Å². The van der Waals surface area contributed by atoms with Gasteiger partial charge in [0.15, 0.2) is 0 Å². The van der Waals surface area contributed by atoms with E-state index >= 15 is 0 Å². The summed E-state index contributed by atoms with van der Waals surface area (Å²) >= 11 is 0. The first-order valence-electron chi connectivity index (χ1n) is 19.1. The summed E-state index contributed by atoms with van der Waals surface area (Å²) in [4.78, 5) is 0. The lowest BCUT2D eigenvalue weighted by Gasteiger charge is -2.01. The Morgan fingerprint density at radius 2 is 0.566 bits per heavy atom. The first-order chi connectivity index (χ1) is 26.1. The van der Waals surface area contributed by atoms with E-state index in [1.165, 1.54) is 22.3 Å². The minimum Gasteiger partial charge on any atom is -0.491 e. The summed E-state index contributed by atoms with van der Waals surface area (Å²) in [6.07, 6.45) is 5.60. The number of epoxide rings is 3. The maximum atomic E-state index is 5.40. The van der Waals surface area contributed by atoms with Crippen molar-refractivity contribution in [2.75, 3.05) is 39.6 Å². The molecule has 3 atom stereocenters. The van der Waals surface area contributed by atoms with Gasteiger partial charge in [0.25, 0.3) is 0 Å². The molecule has 8 rings (SSSR count). The molecule has 0 aromatic heterocycles. The molecule has 0 bridgehead atoms. The zero-order valence-electron chi connectivity index (χ0n) is 32.0. The van der Waals surface area contributed by atoms with Crippen molar-refractivity contribution in [2.24, 2.45) is 0 Å². The van der Waals surface area contributed by atoms with Crippen molar-refractivity contribution in [3.8, 4) is 17.2 Å². The molecule has 6 heteroatoms. The summed E-state index contributed by atoms with van der Waals surface area (Å²) < 4.78 is 31.2. The van der Waals surface area contributed by atoms with Gasteiger partial charge in [-0.1, -0.05) is 131 Å². The molecule has 3 saturated heterocycles. The molecule has 0 aliphatic carbocycles. The van der Waals surface area contributed by atoms with Gasteiger partial charge in [-0.25, -0.2) is 0 Å². The van der Waals surface area contributed by atoms with Crippen molar-refractivity contribution in [3.63, 3.8) is 0 Å². The number of ether oxygens (including phenoxy) is 6. The summed E-state index contributed by atoms with van der Waals surface area (Å²) in [5.74, 6) is 2.76. The van der Waals surface area contributed by atoms with Crippen molar-refractivity contribution >= 4 is 0 Å². The predicted molar refractivity (Wildman–Crippen MR) is 215 cm³/mol. The SMILES string of the molecule is CCc1ccc(CC)cc1.CCc1ccc(CC)cc1.c1ccc(OCC2CO2)cc1.c1ccc(OCC2CO2)cc1.c1ccc(OCC2CO2)cc1. The van der Waals surface area contributed by atoms with Crippen LogP contribution in [-0.4, -0.2) is 58.0 Å². The predicted octanol–water partition coefficient (Wildman–Crippen LogP) is 10.0. The second-order valence-electron chi connectivity index (χ2n) is 12.8. The minimum atomic E-state index is 0.343. The highest BCUT2D eigenvalue weighted by Gasteiger charge is 2.24. The fraction of sp³-hybridized carbons (Fsp3) is 0.362. The van der Waals surface area contributed by atoms with Crippen LogP contribution in [0.1, 0.15) is 49.9 Å². The van der Waals surface area contributed by atoms with Gasteiger partial charge in [0.05, 0.1) is 19.8 Å². The standard InChI is InChI=1S/2C10H14.3C9H10O2/c2*1-3-9-5-7-10(4-2)8-6-9;3*1-2-4-8(5-3-1)10-6-9-7-11-9/h2*5-8H,3-4H2,1-2H3;3*1-5,9H,6-7H2. The molecule has 3 aliphatic heterocycles. The maximum absolute atomic E-state index is 5.40. The summed E-state index contributed by atoms with van der Waals surface area (Å²) in [7, 11) is 0. The number of para-hydroxylation sites is 3. The summed E-state index contributed by atoms with van der Waals surface area (Å²) in [6, 6.07) is 47.0. The van der Waals surface area contributed by atoms with Crippen LogP contribution in [0.4, 0.5) is 0 Å². The van der Waals surface area contributed by atoms with E-state index in [-0.39, 0.29) is 0 Å². The van der Waals surface area contributed by atoms with Gasteiger partial charge >= 0.3 is 0 Å². The Morgan fingerprint density at radius 3 is 0.736 bits per heavy atom. The number of hydrogen-bond donors (Lipinski definition) is 0. The number of hydrogen-bond acceptors (Lipinski definition) is 6. The highest BCUT2D eigenvalue weighted by Crippen LogP contribution is 2.16. The quantitative estimate of drug-likeness (QED) is 0.113. The number of benzene rings is 5. The van der Waals surface area contributed by atoms with Crippen LogP contribution < -0.4 is 14.2 Å². The topological polar surface area (TPSA) is 65.3 Å². The molecule has 3 unspecified atom stereocenters. The van der Waals surface area contributed by atoms with E-state index < -0.39 is 0 Å². The van der Waals surface area contributed by atoms with E-state index in [9.17, 15) is 0 Å². The zero-order chi connectivity index (χ0) is 37.4. The molecule has 6 nitrogen and oxygen atoms in total. The van der Waals surface area contributed by atoms with Gasteiger partial charge in [0, 0.05) is 0 Å². The molecule has 0 radical (unpaired) electrons. The maximum Gasteiger partial charge on any atom is 0.119 e. The highest BCUT2D eigenvalue weighted by molar-refractivity contribution is 5.24. The minimum absolute atomic E-state index is 0.343. The van der Waals surface area contributed by atoms with Crippen LogP contribution in [0.2, 0.25) is 0 Å². The molecular formula is C47H58O6. The molecule has 0 saturated carbocycles. The van der Waals surface area contributed by atoms with Gasteiger partial charge in [0.2, 0.25) is 0 Å². The molecule has 282 valence electrons. The smallest absolute Gasteiger partial charge is 0.119 e. The Bertz CT molecular complexity index is 1380. The van der Waals surface area contributed by atoms with E-state index in [0.29, 0.717) is 38.1 Å². The van der Waals surface area contributed by atoms with Crippen LogP contribution in [0.15, 0.2) is 140 Å². The van der Waals surface area contributed by atoms with E-state index in [1.807, 2.05) is 91.0 Å². The van der Waals surface area contributed by atoms with Gasteiger partial charge in [-0.2, -0.15) is 0 Å². The Kier molecular flexibility index (Phi) is 19.1.